The van der Waals surface area contributed by atoms with Gasteiger partial charge in [-0.15, -0.1) is 0 Å². The summed E-state index contributed by atoms with van der Waals surface area (Å²) in [5.41, 5.74) is 5.03. The Bertz CT molecular complexity index is 1300. The monoisotopic (exact) mass is 452 g/mol. The van der Waals surface area contributed by atoms with Gasteiger partial charge in [0, 0.05) is 23.4 Å². The first-order valence-corrected chi connectivity index (χ1v) is 12.3. The van der Waals surface area contributed by atoms with Crippen LogP contribution in [0.5, 0.6) is 5.75 Å². The molecule has 2 N–H and O–H groups in total. The molecule has 7 heteroatoms. The van der Waals surface area contributed by atoms with E-state index in [1.807, 2.05) is 36.6 Å². The highest BCUT2D eigenvalue weighted by Crippen LogP contribution is 2.37. The van der Waals surface area contributed by atoms with E-state index in [0.717, 1.165) is 46.8 Å². The number of hydrogen-bond donors (Lipinski definition) is 1. The van der Waals surface area contributed by atoms with Gasteiger partial charge in [0.15, 0.2) is 5.78 Å². The van der Waals surface area contributed by atoms with E-state index in [9.17, 15) is 13.2 Å². The number of hydrogen-bond acceptors (Lipinski definition) is 4. The topological polar surface area (TPSA) is 91.4 Å². The molecule has 168 valence electrons. The first-order valence-electron chi connectivity index (χ1n) is 10.7. The molecule has 2 aromatic carbocycles. The number of benzene rings is 2. The molecule has 0 aliphatic carbocycles. The summed E-state index contributed by atoms with van der Waals surface area (Å²) in [5, 5.41) is 5.25. The number of carbonyl (C=O) groups excluding carboxylic acids is 1. The maximum Gasteiger partial charge on any atom is 0.238 e. The number of primary sulfonamides is 1. The van der Waals surface area contributed by atoms with E-state index in [0.29, 0.717) is 12.0 Å². The number of sulfonamides is 1. The molecule has 0 amide bonds. The number of aromatic nitrogens is 1. The van der Waals surface area contributed by atoms with Crippen molar-refractivity contribution in [2.24, 2.45) is 5.14 Å². The number of ketones is 1. The van der Waals surface area contributed by atoms with E-state index < -0.39 is 10.0 Å². The molecule has 0 spiro atoms. The average molecular weight is 453 g/mol. The lowest BCUT2D eigenvalue weighted by molar-refractivity contribution is 0.0847. The van der Waals surface area contributed by atoms with Gasteiger partial charge in [-0.2, -0.15) is 0 Å². The van der Waals surface area contributed by atoms with Crippen molar-refractivity contribution in [3.05, 3.63) is 65.4 Å². The third-order valence-corrected chi connectivity index (χ3v) is 6.96. The molecular formula is C25H28N2O4S. The number of ether oxygens (including phenoxy) is 1. The summed E-state index contributed by atoms with van der Waals surface area (Å²) < 4.78 is 31.4. The molecule has 0 radical (unpaired) electrons. The lowest BCUT2D eigenvalue weighted by Crippen LogP contribution is -2.32. The molecule has 0 bridgehead atoms. The van der Waals surface area contributed by atoms with E-state index in [4.69, 9.17) is 9.88 Å². The van der Waals surface area contributed by atoms with Crippen molar-refractivity contribution in [2.75, 3.05) is 0 Å². The normalized spacial score (nSPS) is 15.2. The highest BCUT2D eigenvalue weighted by atomic mass is 32.2. The molecule has 3 aromatic rings. The van der Waals surface area contributed by atoms with Crippen LogP contribution in [0, 0.1) is 6.92 Å². The van der Waals surface area contributed by atoms with Crippen molar-refractivity contribution in [3.8, 4) is 22.7 Å². The second kappa shape index (κ2) is 7.90. The van der Waals surface area contributed by atoms with Crippen molar-refractivity contribution < 1.29 is 17.9 Å². The summed E-state index contributed by atoms with van der Waals surface area (Å²) in [5.74, 6) is 0.953. The first-order chi connectivity index (χ1) is 15.0. The van der Waals surface area contributed by atoms with Crippen LogP contribution in [0.15, 0.2) is 53.4 Å². The Morgan fingerprint density at radius 1 is 1.12 bits per heavy atom. The van der Waals surface area contributed by atoms with Gasteiger partial charge in [0.1, 0.15) is 11.4 Å². The van der Waals surface area contributed by atoms with E-state index in [-0.39, 0.29) is 16.3 Å². The Morgan fingerprint density at radius 3 is 2.44 bits per heavy atom. The van der Waals surface area contributed by atoms with Gasteiger partial charge in [-0.1, -0.05) is 6.92 Å². The molecule has 1 aromatic heterocycles. The third-order valence-electron chi connectivity index (χ3n) is 6.03. The van der Waals surface area contributed by atoms with Gasteiger partial charge in [0.25, 0.3) is 0 Å². The molecule has 1 aliphatic rings. The van der Waals surface area contributed by atoms with Crippen LogP contribution >= 0.6 is 0 Å². The Morgan fingerprint density at radius 2 is 1.81 bits per heavy atom. The zero-order valence-electron chi connectivity index (χ0n) is 18.8. The van der Waals surface area contributed by atoms with Gasteiger partial charge in [-0.05, 0) is 93.3 Å². The minimum absolute atomic E-state index is 0.0472. The van der Waals surface area contributed by atoms with Gasteiger partial charge < -0.3 is 9.30 Å². The SMILES string of the molecule is CCC(=O)c1cc(-c2ccc3c(c2)CCC(C)(C)O3)n(-c2ccc(S(N)(=O)=O)cc2)c1C. The van der Waals surface area contributed by atoms with Gasteiger partial charge in [-0.3, -0.25) is 4.79 Å². The minimum atomic E-state index is -3.78. The molecule has 0 atom stereocenters. The zero-order chi connectivity index (χ0) is 23.3. The van der Waals surface area contributed by atoms with Crippen molar-refractivity contribution in [1.82, 2.24) is 4.57 Å². The van der Waals surface area contributed by atoms with Crippen molar-refractivity contribution in [2.45, 2.75) is 57.5 Å². The van der Waals surface area contributed by atoms with Gasteiger partial charge in [-0.25, -0.2) is 13.6 Å². The first kappa shape index (κ1) is 22.3. The maximum absolute atomic E-state index is 12.6. The largest absolute Gasteiger partial charge is 0.488 e. The lowest BCUT2D eigenvalue weighted by Gasteiger charge is -2.32. The number of nitrogens with two attached hydrogens (primary N) is 1. The van der Waals surface area contributed by atoms with Crippen LogP contribution in [0.2, 0.25) is 0 Å². The van der Waals surface area contributed by atoms with Crippen LogP contribution in [0.4, 0.5) is 0 Å². The van der Waals surface area contributed by atoms with E-state index in [1.165, 1.54) is 12.1 Å². The second-order valence-corrected chi connectivity index (χ2v) is 10.4. The highest BCUT2D eigenvalue weighted by Gasteiger charge is 2.27. The van der Waals surface area contributed by atoms with Crippen molar-refractivity contribution >= 4 is 15.8 Å². The van der Waals surface area contributed by atoms with E-state index >= 15 is 0 Å². The summed E-state index contributed by atoms with van der Waals surface area (Å²) in [4.78, 5) is 12.7. The van der Waals surface area contributed by atoms with Crippen LogP contribution < -0.4 is 9.88 Å². The van der Waals surface area contributed by atoms with E-state index in [2.05, 4.69) is 19.9 Å². The zero-order valence-corrected chi connectivity index (χ0v) is 19.6. The molecule has 0 saturated heterocycles. The molecular weight excluding hydrogens is 424 g/mol. The molecule has 32 heavy (non-hydrogen) atoms. The van der Waals surface area contributed by atoms with Crippen molar-refractivity contribution in [1.29, 1.82) is 0 Å². The van der Waals surface area contributed by atoms with Gasteiger partial charge in [0.2, 0.25) is 10.0 Å². The Hall–Kier alpha value is -2.90. The summed E-state index contributed by atoms with van der Waals surface area (Å²) in [7, 11) is -3.78. The van der Waals surface area contributed by atoms with Gasteiger partial charge in [0.05, 0.1) is 10.6 Å². The predicted molar refractivity (Wildman–Crippen MR) is 125 cm³/mol. The molecule has 0 unspecified atom stereocenters. The second-order valence-electron chi connectivity index (χ2n) is 8.86. The van der Waals surface area contributed by atoms with Crippen LogP contribution in [0.3, 0.4) is 0 Å². The molecule has 1 aliphatic heterocycles. The van der Waals surface area contributed by atoms with Crippen LogP contribution in [0.25, 0.3) is 16.9 Å². The number of carbonyl (C=O) groups is 1. The van der Waals surface area contributed by atoms with Crippen LogP contribution in [0.1, 0.15) is 55.2 Å². The lowest BCUT2D eigenvalue weighted by atomic mass is 9.93. The van der Waals surface area contributed by atoms with Crippen molar-refractivity contribution in [3.63, 3.8) is 0 Å². The fourth-order valence-electron chi connectivity index (χ4n) is 4.23. The summed E-state index contributed by atoms with van der Waals surface area (Å²) >= 11 is 0. The molecule has 2 heterocycles. The van der Waals surface area contributed by atoms with E-state index in [1.54, 1.807) is 12.1 Å². The number of Topliss-reactive ketones (excluding diaryl/α,β-unsaturated/α-hetero) is 1. The fourth-order valence-corrected chi connectivity index (χ4v) is 4.74. The standard InChI is InChI=1S/C25H28N2O4S/c1-5-23(28)21-15-22(17-6-11-24-18(14-17)12-13-25(3,4)31-24)27(16(21)2)19-7-9-20(10-8-19)32(26,29)30/h6-11,14-15H,5,12-13H2,1-4H3,(H2,26,29,30). The van der Waals surface area contributed by atoms with Crippen LogP contribution in [-0.2, 0) is 16.4 Å². The number of nitrogens with zero attached hydrogens (tertiary/aromatic N) is 1. The Kier molecular flexibility index (Phi) is 5.51. The third kappa shape index (κ3) is 4.10. The summed E-state index contributed by atoms with van der Waals surface area (Å²) in [6, 6.07) is 14.4. The van der Waals surface area contributed by atoms with Crippen LogP contribution in [-0.4, -0.2) is 24.4 Å². The maximum atomic E-state index is 12.6. The predicted octanol–water partition coefficient (Wildman–Crippen LogP) is 4.80. The number of rotatable bonds is 5. The number of aryl methyl sites for hydroxylation is 1. The Balaban J connectivity index is 1.87. The fraction of sp³-hybridized carbons (Fsp3) is 0.320. The highest BCUT2D eigenvalue weighted by molar-refractivity contribution is 7.89. The summed E-state index contributed by atoms with van der Waals surface area (Å²) in [6.07, 6.45) is 2.25. The smallest absolute Gasteiger partial charge is 0.238 e. The van der Waals surface area contributed by atoms with Gasteiger partial charge >= 0.3 is 0 Å². The molecule has 6 nitrogen and oxygen atoms in total. The molecule has 0 fully saturated rings. The summed E-state index contributed by atoms with van der Waals surface area (Å²) in [6.45, 7) is 7.93. The Labute approximate surface area is 189 Å². The quantitative estimate of drug-likeness (QED) is 0.563. The number of fused-ring (bicyclic) bond motifs is 1. The molecule has 0 saturated carbocycles. The minimum Gasteiger partial charge on any atom is -0.488 e. The molecule has 4 rings (SSSR count). The average Bonchev–Trinajstić information content (AvgIpc) is 3.08.